The van der Waals surface area contributed by atoms with Crippen LogP contribution in [0.25, 0.3) is 6.08 Å². The molecular formula is C12H10F2N2O7. The Morgan fingerprint density at radius 2 is 1.57 bits per heavy atom. The van der Waals surface area contributed by atoms with Crippen LogP contribution in [0.15, 0.2) is 30.3 Å². The van der Waals surface area contributed by atoms with Gasteiger partial charge in [0.2, 0.25) is 5.75 Å². The molecule has 23 heavy (non-hydrogen) atoms. The molecule has 0 aliphatic rings. The summed E-state index contributed by atoms with van der Waals surface area (Å²) >= 11 is 0. The highest BCUT2D eigenvalue weighted by Crippen LogP contribution is 2.39. The van der Waals surface area contributed by atoms with E-state index in [2.05, 4.69) is 0 Å². The van der Waals surface area contributed by atoms with Crippen LogP contribution in [0, 0.1) is 20.2 Å². The van der Waals surface area contributed by atoms with Crippen LogP contribution in [0.5, 0.6) is 17.2 Å². The van der Waals surface area contributed by atoms with Crippen LogP contribution in [-0.2, 0) is 0 Å². The number of methoxy groups -OCH3 is 2. The second-order valence-corrected chi connectivity index (χ2v) is 3.80. The van der Waals surface area contributed by atoms with Gasteiger partial charge in [0.25, 0.3) is 0 Å². The molecule has 1 aromatic carbocycles. The van der Waals surface area contributed by atoms with Crippen molar-refractivity contribution < 1.29 is 32.8 Å². The zero-order valence-electron chi connectivity index (χ0n) is 11.8. The van der Waals surface area contributed by atoms with Gasteiger partial charge in [-0.15, -0.1) is 0 Å². The number of halogens is 2. The van der Waals surface area contributed by atoms with Gasteiger partial charge < -0.3 is 14.2 Å². The molecule has 0 aliphatic heterocycles. The van der Waals surface area contributed by atoms with Gasteiger partial charge in [-0.3, -0.25) is 20.2 Å². The molecule has 0 bridgehead atoms. The van der Waals surface area contributed by atoms with E-state index in [0.717, 1.165) is 12.1 Å². The average Bonchev–Trinajstić information content (AvgIpc) is 2.49. The van der Waals surface area contributed by atoms with Gasteiger partial charge in [0.15, 0.2) is 17.8 Å². The molecule has 0 saturated carbocycles. The van der Waals surface area contributed by atoms with Crippen molar-refractivity contribution in [3.8, 4) is 17.2 Å². The van der Waals surface area contributed by atoms with Gasteiger partial charge in [-0.05, 0) is 17.7 Å². The number of ether oxygens (including phenoxy) is 3. The molecule has 0 amide bonds. The van der Waals surface area contributed by atoms with E-state index < -0.39 is 21.7 Å². The standard InChI is InChI=1S/C12H10F2N2O7/c1-21-8-3-7(5-11(15(17)18)16(19)20)4-9(22-2)12(8)23-6-10(13)14/h3-6H,1-2H3. The summed E-state index contributed by atoms with van der Waals surface area (Å²) in [6.07, 6.45) is -1.29. The molecule has 0 aromatic heterocycles. The molecule has 0 aliphatic carbocycles. The first-order valence-electron chi connectivity index (χ1n) is 5.74. The maximum Gasteiger partial charge on any atom is 0.559 e. The molecule has 0 unspecified atom stereocenters. The molecule has 11 heteroatoms. The zero-order valence-corrected chi connectivity index (χ0v) is 11.8. The number of rotatable bonds is 7. The van der Waals surface area contributed by atoms with E-state index in [4.69, 9.17) is 14.2 Å². The van der Waals surface area contributed by atoms with Crippen molar-refractivity contribution in [1.82, 2.24) is 0 Å². The van der Waals surface area contributed by atoms with Crippen LogP contribution >= 0.6 is 0 Å². The Morgan fingerprint density at radius 1 is 1.09 bits per heavy atom. The Kier molecular flexibility index (Phi) is 5.95. The van der Waals surface area contributed by atoms with E-state index in [0.29, 0.717) is 6.08 Å². The molecule has 9 nitrogen and oxygen atoms in total. The molecule has 1 rings (SSSR count). The highest BCUT2D eigenvalue weighted by molar-refractivity contribution is 5.62. The van der Waals surface area contributed by atoms with Gasteiger partial charge in [-0.25, -0.2) is 0 Å². The maximum absolute atomic E-state index is 12.1. The molecule has 0 spiro atoms. The quantitative estimate of drug-likeness (QED) is 0.428. The van der Waals surface area contributed by atoms with Crippen LogP contribution < -0.4 is 14.2 Å². The summed E-state index contributed by atoms with van der Waals surface area (Å²) < 4.78 is 38.8. The van der Waals surface area contributed by atoms with Crippen molar-refractivity contribution in [2.75, 3.05) is 14.2 Å². The van der Waals surface area contributed by atoms with E-state index >= 15 is 0 Å². The van der Waals surface area contributed by atoms with Crippen molar-refractivity contribution in [2.24, 2.45) is 0 Å². The number of benzene rings is 1. The number of nitro groups is 2. The van der Waals surface area contributed by atoms with Gasteiger partial charge in [0.05, 0.1) is 14.2 Å². The summed E-state index contributed by atoms with van der Waals surface area (Å²) in [6, 6.07) is 2.27. The summed E-state index contributed by atoms with van der Waals surface area (Å²) in [6.45, 7) is 0. The molecule has 0 fully saturated rings. The fourth-order valence-electron chi connectivity index (χ4n) is 1.52. The Balaban J connectivity index is 3.44. The lowest BCUT2D eigenvalue weighted by Gasteiger charge is -2.12. The zero-order chi connectivity index (χ0) is 17.6. The lowest BCUT2D eigenvalue weighted by Crippen LogP contribution is -2.08. The van der Waals surface area contributed by atoms with Crippen molar-refractivity contribution in [1.29, 1.82) is 0 Å². The second-order valence-electron chi connectivity index (χ2n) is 3.80. The van der Waals surface area contributed by atoms with Gasteiger partial charge in [0, 0.05) is 0 Å². The largest absolute Gasteiger partial charge is 0.559 e. The topological polar surface area (TPSA) is 114 Å². The number of hydrogen-bond donors (Lipinski definition) is 0. The maximum atomic E-state index is 12.1. The molecule has 1 aromatic rings. The summed E-state index contributed by atoms with van der Waals surface area (Å²) in [5.74, 6) is -1.72. The third kappa shape index (κ3) is 4.62. The van der Waals surface area contributed by atoms with Crippen LogP contribution in [0.4, 0.5) is 8.78 Å². The summed E-state index contributed by atoms with van der Waals surface area (Å²) in [5, 5.41) is 21.2. The molecule has 0 radical (unpaired) electrons. The lowest BCUT2D eigenvalue weighted by molar-refractivity contribution is -0.613. The molecule has 124 valence electrons. The van der Waals surface area contributed by atoms with Gasteiger partial charge in [-0.2, -0.15) is 8.78 Å². The summed E-state index contributed by atoms with van der Waals surface area (Å²) in [4.78, 5) is 18.9. The van der Waals surface area contributed by atoms with Crippen LogP contribution in [-0.4, -0.2) is 24.1 Å². The molecule has 0 atom stereocenters. The van der Waals surface area contributed by atoms with Gasteiger partial charge in [-0.1, -0.05) is 0 Å². The van der Waals surface area contributed by atoms with Crippen molar-refractivity contribution in [3.63, 3.8) is 0 Å². The van der Waals surface area contributed by atoms with E-state index in [1.807, 2.05) is 0 Å². The van der Waals surface area contributed by atoms with E-state index in [9.17, 15) is 29.0 Å². The minimum Gasteiger partial charge on any atom is -0.493 e. The SMILES string of the molecule is COc1cc(C=C([N+](=O)[O-])[N+](=O)[O-])cc(OC)c1OC=C(F)F. The predicted molar refractivity (Wildman–Crippen MR) is 72.4 cm³/mol. The Bertz CT molecular complexity index is 643. The smallest absolute Gasteiger partial charge is 0.493 e. The van der Waals surface area contributed by atoms with E-state index in [-0.39, 0.29) is 29.1 Å². The Morgan fingerprint density at radius 3 is 1.91 bits per heavy atom. The third-order valence-electron chi connectivity index (χ3n) is 2.42. The molecule has 0 heterocycles. The van der Waals surface area contributed by atoms with E-state index in [1.165, 1.54) is 14.2 Å². The average molecular weight is 332 g/mol. The summed E-state index contributed by atoms with van der Waals surface area (Å²) in [5.41, 5.74) is -0.0147. The number of hydrogen-bond acceptors (Lipinski definition) is 7. The highest BCUT2D eigenvalue weighted by Gasteiger charge is 2.26. The second kappa shape index (κ2) is 7.68. The fourth-order valence-corrected chi connectivity index (χ4v) is 1.52. The fraction of sp³-hybridized carbons (Fsp3) is 0.167. The predicted octanol–water partition coefficient (Wildman–Crippen LogP) is 2.67. The monoisotopic (exact) mass is 332 g/mol. The van der Waals surface area contributed by atoms with Crippen molar-refractivity contribution >= 4 is 6.08 Å². The third-order valence-corrected chi connectivity index (χ3v) is 2.42. The van der Waals surface area contributed by atoms with Crippen LogP contribution in [0.3, 0.4) is 0 Å². The van der Waals surface area contributed by atoms with Gasteiger partial charge in [0.1, 0.15) is 15.9 Å². The summed E-state index contributed by atoms with van der Waals surface area (Å²) in [7, 11) is 2.37. The lowest BCUT2D eigenvalue weighted by atomic mass is 10.1. The minimum absolute atomic E-state index is 0.0147. The first-order valence-corrected chi connectivity index (χ1v) is 5.74. The van der Waals surface area contributed by atoms with Crippen LogP contribution in [0.2, 0.25) is 0 Å². The molecular weight excluding hydrogens is 322 g/mol. The Labute approximate surface area is 127 Å². The normalized spacial score (nSPS) is 9.57. The molecule has 0 N–H and O–H groups in total. The van der Waals surface area contributed by atoms with Crippen LogP contribution in [0.1, 0.15) is 5.56 Å². The van der Waals surface area contributed by atoms with Gasteiger partial charge >= 0.3 is 11.9 Å². The van der Waals surface area contributed by atoms with Crippen molar-refractivity contribution in [2.45, 2.75) is 0 Å². The molecule has 0 saturated heterocycles. The first kappa shape index (κ1) is 17.8. The van der Waals surface area contributed by atoms with E-state index in [1.54, 1.807) is 0 Å². The Hall–Kier alpha value is -3.24. The highest BCUT2D eigenvalue weighted by atomic mass is 19.3. The number of nitrogens with zero attached hydrogens (tertiary/aromatic N) is 2. The first-order chi connectivity index (χ1) is 10.8. The minimum atomic E-state index is -2.11. The van der Waals surface area contributed by atoms with Crippen molar-refractivity contribution in [3.05, 3.63) is 56.1 Å².